The van der Waals surface area contributed by atoms with Gasteiger partial charge in [0.25, 0.3) is 5.56 Å². The molecule has 0 aliphatic carbocycles. The van der Waals surface area contributed by atoms with Gasteiger partial charge in [-0.3, -0.25) is 9.36 Å². The molecule has 0 atom stereocenters. The highest BCUT2D eigenvalue weighted by atomic mass is 32.2. The Bertz CT molecular complexity index is 927. The van der Waals surface area contributed by atoms with E-state index in [1.165, 1.54) is 0 Å². The number of hydrogen-bond donors (Lipinski definition) is 0. The Balaban J connectivity index is 2.26. The Labute approximate surface area is 133 Å². The number of rotatable bonds is 4. The predicted octanol–water partition coefficient (Wildman–Crippen LogP) is 4.24. The van der Waals surface area contributed by atoms with Gasteiger partial charge in [-0.15, -0.1) is 0 Å². The Morgan fingerprint density at radius 3 is 2.59 bits per heavy atom. The summed E-state index contributed by atoms with van der Waals surface area (Å²) in [5.41, 5.74) is 1.86. The Morgan fingerprint density at radius 1 is 1.27 bits per heavy atom. The van der Waals surface area contributed by atoms with Crippen LogP contribution < -0.4 is 5.56 Å². The summed E-state index contributed by atoms with van der Waals surface area (Å²) < 4.78 is 1.74. The van der Waals surface area contributed by atoms with E-state index in [2.05, 4.69) is 6.58 Å². The molecule has 0 bridgehead atoms. The minimum Gasteiger partial charge on any atom is -0.287 e. The zero-order valence-corrected chi connectivity index (χ0v) is 13.6. The van der Waals surface area contributed by atoms with E-state index >= 15 is 0 Å². The van der Waals surface area contributed by atoms with Gasteiger partial charge in [0, 0.05) is 12.3 Å². The molecule has 0 saturated carbocycles. The zero-order chi connectivity index (χ0) is 15.7. The largest absolute Gasteiger partial charge is 0.287 e. The molecular formula is C18H18N2OS. The number of nitrogens with zero attached hydrogens (tertiary/aromatic N) is 2. The van der Waals surface area contributed by atoms with Crippen molar-refractivity contribution in [1.82, 2.24) is 9.55 Å². The van der Waals surface area contributed by atoms with Crippen molar-refractivity contribution in [3.05, 3.63) is 58.9 Å². The van der Waals surface area contributed by atoms with Crippen LogP contribution in [0.3, 0.4) is 0 Å². The number of thioether (sulfide) groups is 1. The van der Waals surface area contributed by atoms with E-state index in [-0.39, 0.29) is 5.56 Å². The molecule has 3 rings (SSSR count). The molecule has 4 heteroatoms. The molecule has 0 aliphatic rings. The molecule has 0 unspecified atom stereocenters. The first-order valence-corrected chi connectivity index (χ1v) is 8.29. The van der Waals surface area contributed by atoms with Crippen molar-refractivity contribution >= 4 is 33.4 Å². The minimum atomic E-state index is 0.0301. The van der Waals surface area contributed by atoms with Gasteiger partial charge in [-0.25, -0.2) is 4.98 Å². The Kier molecular flexibility index (Phi) is 4.03. The third-order valence-electron chi connectivity index (χ3n) is 3.55. The molecule has 0 radical (unpaired) electrons. The monoisotopic (exact) mass is 310 g/mol. The van der Waals surface area contributed by atoms with E-state index in [9.17, 15) is 4.79 Å². The molecule has 0 N–H and O–H groups in total. The van der Waals surface area contributed by atoms with Crippen LogP contribution in [0.2, 0.25) is 0 Å². The molecule has 1 aromatic heterocycles. The fraction of sp³-hybridized carbons (Fsp3) is 0.222. The van der Waals surface area contributed by atoms with Crippen molar-refractivity contribution < 1.29 is 0 Å². The summed E-state index contributed by atoms with van der Waals surface area (Å²) in [4.78, 5) is 17.5. The molecule has 1 heterocycles. The van der Waals surface area contributed by atoms with Gasteiger partial charge in [-0.05, 0) is 36.8 Å². The van der Waals surface area contributed by atoms with Crippen molar-refractivity contribution in [3.63, 3.8) is 0 Å². The summed E-state index contributed by atoms with van der Waals surface area (Å²) in [6.45, 7) is 8.49. The van der Waals surface area contributed by atoms with Crippen molar-refractivity contribution in [2.45, 2.75) is 25.5 Å². The molecule has 3 aromatic rings. The average molecular weight is 310 g/mol. The first-order valence-electron chi connectivity index (χ1n) is 7.30. The lowest BCUT2D eigenvalue weighted by Crippen LogP contribution is -2.22. The number of fused-ring (bicyclic) bond motifs is 2. The molecule has 0 spiro atoms. The van der Waals surface area contributed by atoms with E-state index in [0.29, 0.717) is 11.9 Å². The third-order valence-corrected chi connectivity index (χ3v) is 4.76. The van der Waals surface area contributed by atoms with E-state index in [1.54, 1.807) is 16.3 Å². The second-order valence-electron chi connectivity index (χ2n) is 5.41. The maximum atomic E-state index is 12.8. The van der Waals surface area contributed by atoms with Crippen LogP contribution in [0.15, 0.2) is 58.5 Å². The highest BCUT2D eigenvalue weighted by molar-refractivity contribution is 7.99. The van der Waals surface area contributed by atoms with E-state index in [0.717, 1.165) is 32.8 Å². The maximum absolute atomic E-state index is 12.8. The molecule has 0 saturated heterocycles. The summed E-state index contributed by atoms with van der Waals surface area (Å²) in [5, 5.41) is 3.62. The fourth-order valence-electron chi connectivity index (χ4n) is 2.46. The van der Waals surface area contributed by atoms with Gasteiger partial charge >= 0.3 is 0 Å². The van der Waals surface area contributed by atoms with Crippen LogP contribution in [0.1, 0.15) is 13.8 Å². The lowest BCUT2D eigenvalue weighted by molar-refractivity contribution is 0.635. The Morgan fingerprint density at radius 2 is 1.95 bits per heavy atom. The second-order valence-corrected chi connectivity index (χ2v) is 6.35. The minimum absolute atomic E-state index is 0.0301. The van der Waals surface area contributed by atoms with Crippen LogP contribution >= 0.6 is 11.8 Å². The standard InChI is InChI=1S/C18H18N2OS/c1-4-20-17(21)15-9-13-7-5-6-8-14(13)10-16(15)19-18(20)22-11-12(2)3/h5-10H,2,4,11H2,1,3H3. The molecule has 3 nitrogen and oxygen atoms in total. The summed E-state index contributed by atoms with van der Waals surface area (Å²) in [5.74, 6) is 0.769. The molecule has 112 valence electrons. The number of benzene rings is 2. The van der Waals surface area contributed by atoms with Gasteiger partial charge in [0.1, 0.15) is 0 Å². The van der Waals surface area contributed by atoms with Crippen molar-refractivity contribution in [2.75, 3.05) is 5.75 Å². The molecule has 2 aromatic carbocycles. The molecular weight excluding hydrogens is 292 g/mol. The number of aromatic nitrogens is 2. The molecule has 0 aliphatic heterocycles. The van der Waals surface area contributed by atoms with Gasteiger partial charge < -0.3 is 0 Å². The topological polar surface area (TPSA) is 34.9 Å². The van der Waals surface area contributed by atoms with Crippen LogP contribution in [-0.4, -0.2) is 15.3 Å². The normalized spacial score (nSPS) is 11.2. The van der Waals surface area contributed by atoms with Crippen LogP contribution in [0.25, 0.3) is 21.7 Å². The highest BCUT2D eigenvalue weighted by Gasteiger charge is 2.11. The van der Waals surface area contributed by atoms with Gasteiger partial charge in [-0.2, -0.15) is 0 Å². The van der Waals surface area contributed by atoms with E-state index < -0.39 is 0 Å². The molecule has 0 amide bonds. The van der Waals surface area contributed by atoms with Crippen molar-refractivity contribution in [1.29, 1.82) is 0 Å². The smallest absolute Gasteiger partial charge is 0.262 e. The lowest BCUT2D eigenvalue weighted by atomic mass is 10.1. The second kappa shape index (κ2) is 5.97. The SMILES string of the molecule is C=C(C)CSc1nc2cc3ccccc3cc2c(=O)n1CC. The highest BCUT2D eigenvalue weighted by Crippen LogP contribution is 2.23. The summed E-state index contributed by atoms with van der Waals surface area (Å²) in [7, 11) is 0. The number of hydrogen-bond acceptors (Lipinski definition) is 3. The van der Waals surface area contributed by atoms with Crippen LogP contribution in [0.4, 0.5) is 0 Å². The van der Waals surface area contributed by atoms with E-state index in [4.69, 9.17) is 4.98 Å². The predicted molar refractivity (Wildman–Crippen MR) is 94.7 cm³/mol. The van der Waals surface area contributed by atoms with Crippen molar-refractivity contribution in [2.24, 2.45) is 0 Å². The lowest BCUT2D eigenvalue weighted by Gasteiger charge is -2.11. The van der Waals surface area contributed by atoms with Gasteiger partial charge in [-0.1, -0.05) is 48.2 Å². The van der Waals surface area contributed by atoms with Crippen LogP contribution in [0, 0.1) is 0 Å². The van der Waals surface area contributed by atoms with Gasteiger partial charge in [0.2, 0.25) is 0 Å². The zero-order valence-electron chi connectivity index (χ0n) is 12.8. The quantitative estimate of drug-likeness (QED) is 0.313. The third kappa shape index (κ3) is 2.66. The average Bonchev–Trinajstić information content (AvgIpc) is 2.51. The van der Waals surface area contributed by atoms with E-state index in [1.807, 2.05) is 50.2 Å². The summed E-state index contributed by atoms with van der Waals surface area (Å²) >= 11 is 1.57. The molecule has 22 heavy (non-hydrogen) atoms. The van der Waals surface area contributed by atoms with Crippen LogP contribution in [-0.2, 0) is 6.54 Å². The summed E-state index contributed by atoms with van der Waals surface area (Å²) in [6, 6.07) is 12.0. The van der Waals surface area contributed by atoms with Gasteiger partial charge in [0.15, 0.2) is 5.16 Å². The first kappa shape index (κ1) is 14.9. The summed E-state index contributed by atoms with van der Waals surface area (Å²) in [6.07, 6.45) is 0. The molecule has 0 fully saturated rings. The van der Waals surface area contributed by atoms with Crippen molar-refractivity contribution in [3.8, 4) is 0 Å². The Hall–Kier alpha value is -2.07. The maximum Gasteiger partial charge on any atom is 0.262 e. The first-order chi connectivity index (χ1) is 10.6. The van der Waals surface area contributed by atoms with Gasteiger partial charge in [0.05, 0.1) is 10.9 Å². The fourth-order valence-corrected chi connectivity index (χ4v) is 3.37. The van der Waals surface area contributed by atoms with Crippen LogP contribution in [0.5, 0.6) is 0 Å².